The minimum absolute atomic E-state index is 0.243. The van der Waals surface area contributed by atoms with Crippen molar-refractivity contribution in [2.45, 2.75) is 0 Å². The minimum atomic E-state index is -1.89. The summed E-state index contributed by atoms with van der Waals surface area (Å²) < 4.78 is 9.65. The Morgan fingerprint density at radius 2 is 1.46 bits per heavy atom. The molecule has 4 nitrogen and oxygen atoms in total. The molecule has 13 heavy (non-hydrogen) atoms. The van der Waals surface area contributed by atoms with E-state index in [-0.39, 0.29) is 11.9 Å². The third-order valence-corrected chi connectivity index (χ3v) is 5.66. The van der Waals surface area contributed by atoms with E-state index < -0.39 is 25.1 Å². The van der Waals surface area contributed by atoms with E-state index in [0.717, 1.165) is 11.5 Å². The zero-order valence-corrected chi connectivity index (χ0v) is 12.3. The first-order chi connectivity index (χ1) is 6.29. The molecule has 0 saturated carbocycles. The molecule has 7 heteroatoms. The van der Waals surface area contributed by atoms with Gasteiger partial charge >= 0.3 is 98.6 Å². The molecule has 1 rings (SSSR count). The molecule has 0 atom stereocenters. The van der Waals surface area contributed by atoms with E-state index in [1.165, 1.54) is 23.5 Å². The molecule has 0 aromatic rings. The van der Waals surface area contributed by atoms with Crippen LogP contribution in [0, 0.1) is 0 Å². The van der Waals surface area contributed by atoms with Crippen LogP contribution in [0.5, 0.6) is 0 Å². The van der Waals surface area contributed by atoms with Gasteiger partial charge in [0.15, 0.2) is 0 Å². The van der Waals surface area contributed by atoms with Crippen LogP contribution in [0.1, 0.15) is 0 Å². The van der Waals surface area contributed by atoms with Gasteiger partial charge in [0.25, 0.3) is 0 Å². The second-order valence-corrected chi connectivity index (χ2v) is 6.58. The first kappa shape index (κ1) is 11.6. The standard InChI is InChI=1S/C6H10O4S2.Pb/c7-5(8)3-11-1-2-12-4-6(9)10;/h1-4H2,(H,7,8)(H,9,10);/q;+2/p-2. The maximum atomic E-state index is 10.9. The Kier molecular flexibility index (Phi) is 6.21. The fourth-order valence-electron chi connectivity index (χ4n) is 0.602. The van der Waals surface area contributed by atoms with Crippen LogP contribution in [-0.2, 0) is 15.0 Å². The van der Waals surface area contributed by atoms with Gasteiger partial charge in [0.1, 0.15) is 0 Å². The summed E-state index contributed by atoms with van der Waals surface area (Å²) in [5, 5.41) is 0. The molecule has 0 amide bonds. The van der Waals surface area contributed by atoms with Gasteiger partial charge in [-0.2, -0.15) is 0 Å². The van der Waals surface area contributed by atoms with Crippen molar-refractivity contribution < 1.29 is 15.0 Å². The van der Waals surface area contributed by atoms with Crippen molar-refractivity contribution in [1.29, 1.82) is 0 Å². The molecule has 0 aromatic heterocycles. The van der Waals surface area contributed by atoms with Crippen LogP contribution in [0.3, 0.4) is 0 Å². The summed E-state index contributed by atoms with van der Waals surface area (Å²) >= 11 is 1.19. The number of carbonyl (C=O) groups excluding carboxylic acids is 2. The molecule has 0 bridgehead atoms. The Labute approximate surface area is 98.0 Å². The third-order valence-electron chi connectivity index (χ3n) is 1.12. The molecule has 2 radical (unpaired) electrons. The summed E-state index contributed by atoms with van der Waals surface area (Å²) in [5.74, 6) is 2.03. The maximum absolute atomic E-state index is 10.9. The molecule has 72 valence electrons. The van der Waals surface area contributed by atoms with Gasteiger partial charge in [-0.3, -0.25) is 0 Å². The molecule has 0 spiro atoms. The van der Waals surface area contributed by atoms with E-state index in [4.69, 9.17) is 5.37 Å². The van der Waals surface area contributed by atoms with Gasteiger partial charge in [0.05, 0.1) is 0 Å². The number of rotatable bonds is 0. The molecule has 0 aliphatic carbocycles. The van der Waals surface area contributed by atoms with Crippen molar-refractivity contribution in [3.05, 3.63) is 0 Å². The Hall–Kier alpha value is 0.562. The van der Waals surface area contributed by atoms with Crippen LogP contribution in [0.4, 0.5) is 0 Å². The van der Waals surface area contributed by atoms with E-state index in [1.54, 1.807) is 0 Å². The fraction of sp³-hybridized carbons (Fsp3) is 0.667. The molecule has 1 aliphatic heterocycles. The second-order valence-electron chi connectivity index (χ2n) is 2.14. The predicted molar refractivity (Wildman–Crippen MR) is 52.6 cm³/mol. The summed E-state index contributed by atoms with van der Waals surface area (Å²) in [4.78, 5) is 21.9. The Morgan fingerprint density at radius 1 is 1.00 bits per heavy atom. The van der Waals surface area contributed by atoms with E-state index in [9.17, 15) is 9.59 Å². The monoisotopic (exact) mass is 416 g/mol. The second kappa shape index (κ2) is 6.93. The van der Waals surface area contributed by atoms with E-state index in [0.29, 0.717) is 11.5 Å². The van der Waals surface area contributed by atoms with Crippen LogP contribution in [0.25, 0.3) is 0 Å². The fourth-order valence-corrected chi connectivity index (χ4v) is 4.54. The van der Waals surface area contributed by atoms with Crippen LogP contribution in [0.2, 0.25) is 0 Å². The number of carbonyl (C=O) groups is 2. The zero-order chi connectivity index (χ0) is 9.52. The Balaban J connectivity index is 2.31. The Bertz CT molecular complexity index is 179. The molecule has 1 heterocycles. The number of thioether (sulfide) groups is 2. The van der Waals surface area contributed by atoms with Crippen LogP contribution < -0.4 is 0 Å². The first-order valence-corrected chi connectivity index (χ1v) is 9.07. The van der Waals surface area contributed by atoms with Gasteiger partial charge in [-0.1, -0.05) is 0 Å². The summed E-state index contributed by atoms with van der Waals surface area (Å²) in [6.07, 6.45) is 0. The van der Waals surface area contributed by atoms with Gasteiger partial charge in [-0.15, -0.1) is 0 Å². The number of hydrogen-bond acceptors (Lipinski definition) is 6. The summed E-state index contributed by atoms with van der Waals surface area (Å²) in [7, 11) is 0. The van der Waals surface area contributed by atoms with Gasteiger partial charge in [-0.05, 0) is 0 Å². The molecule has 1 aliphatic rings. The first-order valence-electron chi connectivity index (χ1n) is 3.59. The van der Waals surface area contributed by atoms with Crippen molar-refractivity contribution in [3.8, 4) is 0 Å². The van der Waals surface area contributed by atoms with Gasteiger partial charge < -0.3 is 0 Å². The third kappa shape index (κ3) is 5.79. The van der Waals surface area contributed by atoms with Crippen LogP contribution in [0.15, 0.2) is 0 Å². The topological polar surface area (TPSA) is 52.6 Å². The predicted octanol–water partition coefficient (Wildman–Crippen LogP) is 0.0870. The van der Waals surface area contributed by atoms with Crippen molar-refractivity contribution in [1.82, 2.24) is 0 Å². The van der Waals surface area contributed by atoms with Gasteiger partial charge in [0.2, 0.25) is 0 Å². The molecule has 0 aromatic carbocycles. The Morgan fingerprint density at radius 3 is 1.92 bits per heavy atom. The van der Waals surface area contributed by atoms with Gasteiger partial charge in [0, 0.05) is 0 Å². The van der Waals surface area contributed by atoms with Crippen molar-refractivity contribution in [2.24, 2.45) is 0 Å². The van der Waals surface area contributed by atoms with Crippen LogP contribution in [-0.4, -0.2) is 60.1 Å². The van der Waals surface area contributed by atoms with Crippen molar-refractivity contribution in [2.75, 3.05) is 23.0 Å². The average Bonchev–Trinajstić information content (AvgIpc) is 2.13. The van der Waals surface area contributed by atoms with E-state index >= 15 is 0 Å². The van der Waals surface area contributed by atoms with Crippen molar-refractivity contribution in [3.63, 3.8) is 0 Å². The molecular formula is C6H8O4PbS2. The molecule has 0 N–H and O–H groups in total. The van der Waals surface area contributed by atoms with E-state index in [1.807, 2.05) is 0 Å². The molecule has 1 saturated heterocycles. The average molecular weight is 415 g/mol. The van der Waals surface area contributed by atoms with E-state index in [2.05, 4.69) is 0 Å². The summed E-state index contributed by atoms with van der Waals surface area (Å²) in [6.45, 7) is 0. The zero-order valence-electron chi connectivity index (χ0n) is 6.78. The SMILES string of the molecule is O=C1CSCCSCC(=O)[O][Pb][O]1. The normalized spacial score (nSPS) is 21.2. The summed E-state index contributed by atoms with van der Waals surface area (Å²) in [5.41, 5.74) is 0. The molecule has 1 fully saturated rings. The molecule has 0 unspecified atom stereocenters. The summed E-state index contributed by atoms with van der Waals surface area (Å²) in [6, 6.07) is 0. The van der Waals surface area contributed by atoms with Crippen LogP contribution >= 0.6 is 23.5 Å². The van der Waals surface area contributed by atoms with Crippen molar-refractivity contribution >= 4 is 60.6 Å². The quantitative estimate of drug-likeness (QED) is 0.523. The van der Waals surface area contributed by atoms with Gasteiger partial charge in [-0.25, -0.2) is 0 Å². The number of hydrogen-bond donors (Lipinski definition) is 0. The molecular weight excluding hydrogens is 407 g/mol.